The van der Waals surface area contributed by atoms with E-state index in [1.807, 2.05) is 20.8 Å². The molecule has 0 bridgehead atoms. The lowest BCUT2D eigenvalue weighted by atomic mass is 10.1. The molecule has 0 heterocycles. The van der Waals surface area contributed by atoms with Gasteiger partial charge in [0.25, 0.3) is 0 Å². The number of allylic oxidation sites excluding steroid dienone is 1. The van der Waals surface area contributed by atoms with Crippen LogP contribution in [0.25, 0.3) is 0 Å². The summed E-state index contributed by atoms with van der Waals surface area (Å²) in [6, 6.07) is 0. The van der Waals surface area contributed by atoms with E-state index in [2.05, 4.69) is 19.1 Å². The van der Waals surface area contributed by atoms with Gasteiger partial charge < -0.3 is 5.11 Å². The summed E-state index contributed by atoms with van der Waals surface area (Å²) in [4.78, 5) is 21.2. The second kappa shape index (κ2) is 16.3. The average Bonchev–Trinajstić information content (AvgIpc) is 2.58. The van der Waals surface area contributed by atoms with Crippen molar-refractivity contribution in [3.05, 3.63) is 12.2 Å². The summed E-state index contributed by atoms with van der Waals surface area (Å²) in [5, 5.41) is 9.88. The third-order valence-electron chi connectivity index (χ3n) is 4.10. The zero-order valence-electron chi connectivity index (χ0n) is 17.6. The molecule has 0 aliphatic carbocycles. The first-order chi connectivity index (χ1) is 12.3. The van der Waals surface area contributed by atoms with Crippen LogP contribution in [0, 0.1) is 0 Å². The molecule has 4 nitrogen and oxygen atoms in total. The van der Waals surface area contributed by atoms with Crippen LogP contribution in [0.1, 0.15) is 111 Å². The lowest BCUT2D eigenvalue weighted by Crippen LogP contribution is -2.21. The van der Waals surface area contributed by atoms with E-state index in [-0.39, 0.29) is 12.1 Å². The van der Waals surface area contributed by atoms with E-state index in [0.29, 0.717) is 6.42 Å². The van der Waals surface area contributed by atoms with Crippen LogP contribution in [0.2, 0.25) is 0 Å². The molecule has 0 aromatic carbocycles. The quantitative estimate of drug-likeness (QED) is 0.151. The first-order valence-electron chi connectivity index (χ1n) is 10.6. The fraction of sp³-hybridized carbons (Fsp3) is 0.864. The van der Waals surface area contributed by atoms with Gasteiger partial charge >= 0.3 is 5.97 Å². The van der Waals surface area contributed by atoms with E-state index >= 15 is 0 Å². The van der Waals surface area contributed by atoms with Crippen molar-refractivity contribution in [2.45, 2.75) is 123 Å². The van der Waals surface area contributed by atoms with Crippen molar-refractivity contribution in [1.82, 2.24) is 0 Å². The maximum absolute atomic E-state index is 11.5. The van der Waals surface area contributed by atoms with Crippen molar-refractivity contribution in [2.75, 3.05) is 0 Å². The van der Waals surface area contributed by atoms with E-state index in [4.69, 9.17) is 9.78 Å². The SMILES string of the molecule is CCCCCC[C@@H](O)CC=CCCCCCCCC(=O)OOC(C)(C)C. The van der Waals surface area contributed by atoms with Crippen LogP contribution in [-0.2, 0) is 14.6 Å². The van der Waals surface area contributed by atoms with Gasteiger partial charge in [-0.2, -0.15) is 4.89 Å². The van der Waals surface area contributed by atoms with E-state index < -0.39 is 5.60 Å². The van der Waals surface area contributed by atoms with Crippen molar-refractivity contribution in [3.8, 4) is 0 Å². The van der Waals surface area contributed by atoms with Gasteiger partial charge in [-0.25, -0.2) is 4.79 Å². The number of unbranched alkanes of at least 4 members (excludes halogenated alkanes) is 8. The molecule has 0 saturated carbocycles. The maximum Gasteiger partial charge on any atom is 0.342 e. The lowest BCUT2D eigenvalue weighted by Gasteiger charge is -2.16. The van der Waals surface area contributed by atoms with Crippen LogP contribution in [0.3, 0.4) is 0 Å². The minimum Gasteiger partial charge on any atom is -0.393 e. The molecule has 0 spiro atoms. The van der Waals surface area contributed by atoms with Gasteiger partial charge in [-0.15, -0.1) is 0 Å². The van der Waals surface area contributed by atoms with Crippen molar-refractivity contribution < 1.29 is 19.7 Å². The predicted octanol–water partition coefficient (Wildman–Crippen LogP) is 6.27. The highest BCUT2D eigenvalue weighted by Crippen LogP contribution is 2.12. The van der Waals surface area contributed by atoms with E-state index in [1.165, 1.54) is 32.1 Å². The number of aliphatic hydroxyl groups excluding tert-OH is 1. The highest BCUT2D eigenvalue weighted by molar-refractivity contribution is 5.68. The second-order valence-corrected chi connectivity index (χ2v) is 8.17. The summed E-state index contributed by atoms with van der Waals surface area (Å²) in [6.07, 6.45) is 17.6. The molecule has 0 rings (SSSR count). The molecule has 0 unspecified atom stereocenters. The predicted molar refractivity (Wildman–Crippen MR) is 108 cm³/mol. The van der Waals surface area contributed by atoms with Gasteiger partial charge in [0.05, 0.1) is 6.10 Å². The second-order valence-electron chi connectivity index (χ2n) is 8.17. The smallest absolute Gasteiger partial charge is 0.342 e. The van der Waals surface area contributed by atoms with Crippen LogP contribution in [0.5, 0.6) is 0 Å². The molecule has 0 aliphatic rings. The van der Waals surface area contributed by atoms with E-state index in [9.17, 15) is 9.90 Å². The summed E-state index contributed by atoms with van der Waals surface area (Å²) in [5.74, 6) is -0.281. The first kappa shape index (κ1) is 25.1. The number of aliphatic hydroxyl groups is 1. The highest BCUT2D eigenvalue weighted by Gasteiger charge is 2.14. The van der Waals surface area contributed by atoms with Gasteiger partial charge in [-0.05, 0) is 52.9 Å². The number of hydrogen-bond donors (Lipinski definition) is 1. The van der Waals surface area contributed by atoms with E-state index in [0.717, 1.165) is 44.9 Å². The molecule has 0 radical (unpaired) electrons. The topological polar surface area (TPSA) is 55.8 Å². The van der Waals surface area contributed by atoms with Gasteiger partial charge in [-0.3, -0.25) is 4.89 Å². The number of carbonyl (C=O) groups excluding carboxylic acids is 1. The van der Waals surface area contributed by atoms with Crippen molar-refractivity contribution in [1.29, 1.82) is 0 Å². The molecular weight excluding hydrogens is 328 g/mol. The fourth-order valence-corrected chi connectivity index (χ4v) is 2.57. The molecule has 0 saturated heterocycles. The van der Waals surface area contributed by atoms with Crippen molar-refractivity contribution in [2.24, 2.45) is 0 Å². The molecule has 154 valence electrons. The van der Waals surface area contributed by atoms with Crippen molar-refractivity contribution >= 4 is 5.97 Å². The summed E-state index contributed by atoms with van der Waals surface area (Å²) < 4.78 is 0. The van der Waals surface area contributed by atoms with Gasteiger partial charge in [0.15, 0.2) is 0 Å². The molecule has 1 atom stereocenters. The molecule has 26 heavy (non-hydrogen) atoms. The van der Waals surface area contributed by atoms with Gasteiger partial charge in [-0.1, -0.05) is 64.0 Å². The molecular formula is C22H42O4. The Labute approximate surface area is 161 Å². The molecule has 0 amide bonds. The Balaban J connectivity index is 3.38. The molecule has 0 aliphatic heterocycles. The maximum atomic E-state index is 11.5. The number of carbonyl (C=O) groups is 1. The standard InChI is InChI=1S/C22H42O4/c1-5-6-7-14-17-20(23)18-15-12-10-8-9-11-13-16-19-21(24)25-26-22(2,3)4/h12,15,20,23H,5-11,13-14,16-19H2,1-4H3/t20-/m1/s1. The van der Waals surface area contributed by atoms with Crippen LogP contribution in [0.4, 0.5) is 0 Å². The molecule has 1 N–H and O–H groups in total. The number of rotatable bonds is 16. The van der Waals surface area contributed by atoms with E-state index in [1.54, 1.807) is 0 Å². The van der Waals surface area contributed by atoms with Gasteiger partial charge in [0.1, 0.15) is 5.60 Å². The molecule has 0 aromatic heterocycles. The van der Waals surface area contributed by atoms with Gasteiger partial charge in [0, 0.05) is 6.42 Å². The summed E-state index contributed by atoms with van der Waals surface area (Å²) in [6.45, 7) is 7.76. The minimum absolute atomic E-state index is 0.176. The average molecular weight is 371 g/mol. The van der Waals surface area contributed by atoms with Crippen LogP contribution >= 0.6 is 0 Å². The zero-order chi connectivity index (χ0) is 19.7. The Morgan fingerprint density at radius 3 is 2.31 bits per heavy atom. The fourth-order valence-electron chi connectivity index (χ4n) is 2.57. The van der Waals surface area contributed by atoms with Gasteiger partial charge in [0.2, 0.25) is 0 Å². The summed E-state index contributed by atoms with van der Waals surface area (Å²) >= 11 is 0. The lowest BCUT2D eigenvalue weighted by molar-refractivity contribution is -0.320. The Bertz CT molecular complexity index is 358. The third kappa shape index (κ3) is 19.5. The van der Waals surface area contributed by atoms with Crippen LogP contribution in [0.15, 0.2) is 12.2 Å². The van der Waals surface area contributed by atoms with Crippen LogP contribution < -0.4 is 0 Å². The number of hydrogen-bond acceptors (Lipinski definition) is 4. The monoisotopic (exact) mass is 370 g/mol. The Hall–Kier alpha value is -0.870. The molecule has 4 heteroatoms. The normalized spacial score (nSPS) is 13.3. The molecule has 0 fully saturated rings. The third-order valence-corrected chi connectivity index (χ3v) is 4.10. The Kier molecular flexibility index (Phi) is 15.8. The highest BCUT2D eigenvalue weighted by atomic mass is 17.2. The largest absolute Gasteiger partial charge is 0.393 e. The van der Waals surface area contributed by atoms with Crippen molar-refractivity contribution in [3.63, 3.8) is 0 Å². The summed E-state index contributed by atoms with van der Waals surface area (Å²) in [7, 11) is 0. The Morgan fingerprint density at radius 2 is 1.62 bits per heavy atom. The zero-order valence-corrected chi connectivity index (χ0v) is 17.6. The first-order valence-corrected chi connectivity index (χ1v) is 10.6. The van der Waals surface area contributed by atoms with Crippen LogP contribution in [-0.4, -0.2) is 22.8 Å². The molecule has 0 aromatic rings. The Morgan fingerprint density at radius 1 is 0.962 bits per heavy atom. The summed E-state index contributed by atoms with van der Waals surface area (Å²) in [5.41, 5.74) is -0.450. The minimum atomic E-state index is -0.450.